The van der Waals surface area contributed by atoms with E-state index in [1.807, 2.05) is 115 Å². The van der Waals surface area contributed by atoms with Crippen LogP contribution in [-0.4, -0.2) is 142 Å². The largest absolute Gasteiger partial charge is 0.494 e. The maximum absolute atomic E-state index is 5.64. The van der Waals surface area contributed by atoms with Crippen molar-refractivity contribution in [1.29, 1.82) is 0 Å². The molecule has 9 unspecified atom stereocenters. The third-order valence-corrected chi connectivity index (χ3v) is 23.0. The summed E-state index contributed by atoms with van der Waals surface area (Å²) in [5, 5.41) is 0. The molecular formula is C99H178O12. The van der Waals surface area contributed by atoms with E-state index in [-0.39, 0.29) is 11.2 Å². The van der Waals surface area contributed by atoms with E-state index in [4.69, 9.17) is 56.8 Å². The smallest absolute Gasteiger partial charge is 0.119 e. The Hall–Kier alpha value is -3.14. The highest BCUT2D eigenvalue weighted by Gasteiger charge is 2.41. The SMILES string of the molecule is CCOC(C)(C)C.CCOC1CC2CCC1C2.CCOC1CCCC1.CCOC1CCCCC1.CCOC1CCCCC1.CCOCC1CC2CCC1C2.CCOCC1CCCCC1.CCOCCC1CC2CCC1C2.CCOCCc1ccccc1.CCOc1ccccc1.CCOc1ccccc1.COC(C)(C)C. The first-order valence-electron chi connectivity index (χ1n) is 46.2. The first-order chi connectivity index (χ1) is 53.8. The van der Waals surface area contributed by atoms with Crippen molar-refractivity contribution in [3.8, 4) is 11.5 Å². The summed E-state index contributed by atoms with van der Waals surface area (Å²) >= 11 is 0. The van der Waals surface area contributed by atoms with Crippen LogP contribution in [0, 0.1) is 53.3 Å². The predicted octanol–water partition coefficient (Wildman–Crippen LogP) is 26.5. The average Bonchev–Trinajstić information content (AvgIpc) is 1.70. The van der Waals surface area contributed by atoms with Gasteiger partial charge in [0.05, 0.1) is 55.4 Å². The Kier molecular flexibility index (Phi) is 64.5. The van der Waals surface area contributed by atoms with Crippen molar-refractivity contribution in [3.63, 3.8) is 0 Å². The molecular weight excluding hydrogens is 1380 g/mol. The first kappa shape index (κ1) is 104. The molecule has 0 aliphatic heterocycles. The molecule has 10 fully saturated rings. The van der Waals surface area contributed by atoms with E-state index in [9.17, 15) is 0 Å². The van der Waals surface area contributed by atoms with Crippen LogP contribution in [0.4, 0.5) is 0 Å². The van der Waals surface area contributed by atoms with Gasteiger partial charge in [0.1, 0.15) is 11.5 Å². The van der Waals surface area contributed by atoms with E-state index in [1.165, 1.54) is 211 Å². The molecule has 9 atom stereocenters. The molecule has 10 aliphatic carbocycles. The van der Waals surface area contributed by atoms with Gasteiger partial charge in [-0.25, -0.2) is 0 Å². The fourth-order valence-corrected chi connectivity index (χ4v) is 17.2. The lowest BCUT2D eigenvalue weighted by Crippen LogP contribution is -2.19. The highest BCUT2D eigenvalue weighted by molar-refractivity contribution is 5.21. The van der Waals surface area contributed by atoms with E-state index in [0.29, 0.717) is 24.4 Å². The van der Waals surface area contributed by atoms with Crippen molar-refractivity contribution in [2.75, 3.05) is 106 Å². The quantitative estimate of drug-likeness (QED) is 0.0678. The maximum atomic E-state index is 5.64. The number of rotatable bonds is 27. The van der Waals surface area contributed by atoms with E-state index < -0.39 is 0 Å². The fraction of sp³-hybridized carbons (Fsp3) is 0.818. The van der Waals surface area contributed by atoms with Gasteiger partial charge in [0.15, 0.2) is 0 Å². The molecule has 10 saturated carbocycles. The molecule has 3 aromatic carbocycles. The Morgan fingerprint density at radius 1 is 0.315 bits per heavy atom. The third kappa shape index (κ3) is 55.2. The Bertz CT molecular complexity index is 2330. The van der Waals surface area contributed by atoms with Crippen LogP contribution < -0.4 is 9.47 Å². The van der Waals surface area contributed by atoms with Gasteiger partial charge >= 0.3 is 0 Å². The van der Waals surface area contributed by atoms with E-state index in [0.717, 1.165) is 170 Å². The number of methoxy groups -OCH3 is 1. The zero-order chi connectivity index (χ0) is 81.3. The Balaban J connectivity index is 0.000000413. The minimum Gasteiger partial charge on any atom is -0.494 e. The first-order valence-corrected chi connectivity index (χ1v) is 46.2. The summed E-state index contributed by atoms with van der Waals surface area (Å²) in [5.41, 5.74) is 1.44. The van der Waals surface area contributed by atoms with Crippen LogP contribution in [0.5, 0.6) is 11.5 Å². The molecule has 0 radical (unpaired) electrons. The monoisotopic (exact) mass is 1560 g/mol. The average molecular weight is 1560 g/mol. The van der Waals surface area contributed by atoms with Crippen molar-refractivity contribution >= 4 is 0 Å². The van der Waals surface area contributed by atoms with Gasteiger partial charge in [-0.2, -0.15) is 0 Å². The maximum Gasteiger partial charge on any atom is 0.119 e. The minimum absolute atomic E-state index is 0.0417. The lowest BCUT2D eigenvalue weighted by Gasteiger charge is -2.20. The molecule has 0 aromatic heterocycles. The van der Waals surface area contributed by atoms with Gasteiger partial charge in [-0.3, -0.25) is 0 Å². The predicted molar refractivity (Wildman–Crippen MR) is 470 cm³/mol. The Morgan fingerprint density at radius 2 is 0.685 bits per heavy atom. The van der Waals surface area contributed by atoms with Crippen molar-refractivity contribution in [2.24, 2.45) is 53.3 Å². The summed E-state index contributed by atoms with van der Waals surface area (Å²) in [6.07, 6.45) is 48.6. The van der Waals surface area contributed by atoms with Crippen LogP contribution in [0.1, 0.15) is 329 Å². The molecule has 3 aromatic rings. The summed E-state index contributed by atoms with van der Waals surface area (Å²) < 4.78 is 64.1. The summed E-state index contributed by atoms with van der Waals surface area (Å²) in [7, 11) is 1.71. The Morgan fingerprint density at radius 3 is 1.02 bits per heavy atom. The molecule has 646 valence electrons. The van der Waals surface area contributed by atoms with Crippen molar-refractivity contribution in [3.05, 3.63) is 96.6 Å². The Labute approximate surface area is 685 Å². The molecule has 10 aliphatic rings. The highest BCUT2D eigenvalue weighted by Crippen LogP contribution is 2.50. The van der Waals surface area contributed by atoms with Gasteiger partial charge in [-0.1, -0.05) is 150 Å². The van der Waals surface area contributed by atoms with Gasteiger partial charge in [-0.05, 0) is 329 Å². The molecule has 0 spiro atoms. The molecule has 13 rings (SSSR count). The molecule has 6 bridgehead atoms. The van der Waals surface area contributed by atoms with Crippen LogP contribution >= 0.6 is 0 Å². The van der Waals surface area contributed by atoms with Crippen molar-refractivity contribution in [1.82, 2.24) is 0 Å². The van der Waals surface area contributed by atoms with Crippen LogP contribution in [0.2, 0.25) is 0 Å². The van der Waals surface area contributed by atoms with Gasteiger partial charge in [0.25, 0.3) is 0 Å². The topological polar surface area (TPSA) is 111 Å². The van der Waals surface area contributed by atoms with Crippen LogP contribution in [0.25, 0.3) is 0 Å². The molecule has 0 saturated heterocycles. The van der Waals surface area contributed by atoms with Crippen molar-refractivity contribution < 1.29 is 56.8 Å². The lowest BCUT2D eigenvalue weighted by atomic mass is 9.87. The lowest BCUT2D eigenvalue weighted by molar-refractivity contribution is 0.00529. The van der Waals surface area contributed by atoms with E-state index in [1.54, 1.807) is 7.11 Å². The van der Waals surface area contributed by atoms with E-state index in [2.05, 4.69) is 93.5 Å². The zero-order valence-electron chi connectivity index (χ0n) is 75.5. The number of para-hydroxylation sites is 2. The minimum atomic E-state index is 0.0417. The van der Waals surface area contributed by atoms with Gasteiger partial charge in [0, 0.05) is 86.4 Å². The van der Waals surface area contributed by atoms with Crippen LogP contribution in [0.3, 0.4) is 0 Å². The molecule has 12 heteroatoms. The molecule has 0 amide bonds. The van der Waals surface area contributed by atoms with E-state index >= 15 is 0 Å². The van der Waals surface area contributed by atoms with Crippen LogP contribution in [0.15, 0.2) is 91.0 Å². The third-order valence-electron chi connectivity index (χ3n) is 23.0. The molecule has 0 heterocycles. The zero-order valence-corrected chi connectivity index (χ0v) is 75.5. The summed E-state index contributed by atoms with van der Waals surface area (Å²) in [6.45, 7) is 48.0. The summed E-state index contributed by atoms with van der Waals surface area (Å²) in [6, 6.07) is 30.0. The number of hydrogen-bond acceptors (Lipinski definition) is 12. The molecule has 0 N–H and O–H groups in total. The van der Waals surface area contributed by atoms with Gasteiger partial charge in [0.2, 0.25) is 0 Å². The summed E-state index contributed by atoms with van der Waals surface area (Å²) in [5.74, 6) is 11.0. The number of benzene rings is 3. The number of fused-ring (bicyclic) bond motifs is 6. The summed E-state index contributed by atoms with van der Waals surface area (Å²) in [4.78, 5) is 0. The normalized spacial score (nSPS) is 23.4. The molecule has 12 nitrogen and oxygen atoms in total. The standard InChI is InChI=1S/C11H20O.C10H18O.C10H14O.C9H16O.C9H18O.2C8H16O.2C8H10O.C7H14O.C6H14O.C5H12O/c1-2-12-6-5-11-8-9-3-4-10(11)7-9;1-2-11-7-10-6-8-3-4-9(10)5-8;1-2-11-9-8-10-6-4-3-5-7-10;1-2-10-9-6-7-3-4-8(9)5-7;1-2-10-8-9-6-4-3-5-7-9;4*1-2-9-8-6-4-3-5-7-8;1-2-8-7-5-3-4-6-7;1-5-7-6(2,3)4;1-5(2,3)6-4/h9-11H,2-8H2,1H3;8-10H,2-7H2,1H3;3-7H,2,8-9H2,1H3;7-9H,2-6H2,1H3;9H,2-8H2,1H3;2*8H,2-7H2,1H3;2*3-7H,2H2,1H3;7H,2-6H2,1H3;5H2,1-4H3;1-4H3. The van der Waals surface area contributed by atoms with Crippen LogP contribution in [-0.2, 0) is 53.8 Å². The number of hydrogen-bond donors (Lipinski definition) is 0. The number of ether oxygens (including phenoxy) is 12. The van der Waals surface area contributed by atoms with Gasteiger partial charge < -0.3 is 56.8 Å². The second-order valence-electron chi connectivity index (χ2n) is 33.9. The second kappa shape index (κ2) is 68.9. The highest BCUT2D eigenvalue weighted by atomic mass is 16.5. The second-order valence-corrected chi connectivity index (χ2v) is 33.9. The van der Waals surface area contributed by atoms with Gasteiger partial charge in [-0.15, -0.1) is 0 Å². The van der Waals surface area contributed by atoms with Crippen molar-refractivity contribution in [2.45, 2.75) is 365 Å². The fourth-order valence-electron chi connectivity index (χ4n) is 17.2. The molecule has 111 heavy (non-hydrogen) atoms.